The van der Waals surface area contributed by atoms with Crippen molar-refractivity contribution in [2.75, 3.05) is 11.2 Å². The van der Waals surface area contributed by atoms with Crippen LogP contribution in [-0.2, 0) is 17.8 Å². The Labute approximate surface area is 185 Å². The molecule has 4 aromatic rings. The average Bonchev–Trinajstić information content (AvgIpc) is 3.17. The minimum Gasteiger partial charge on any atom is -0.283 e. The summed E-state index contributed by atoms with van der Waals surface area (Å²) in [5.41, 5.74) is 5.36. The van der Waals surface area contributed by atoms with E-state index in [2.05, 4.69) is 43.1 Å². The van der Waals surface area contributed by atoms with Crippen LogP contribution in [0.3, 0.4) is 0 Å². The average molecular weight is 434 g/mol. The molecule has 0 spiro atoms. The molecule has 0 aliphatic rings. The lowest BCUT2D eigenvalue weighted by atomic mass is 10.1. The van der Waals surface area contributed by atoms with E-state index < -0.39 is 0 Å². The van der Waals surface area contributed by atoms with Gasteiger partial charge in [0.2, 0.25) is 5.91 Å². The van der Waals surface area contributed by atoms with E-state index in [1.165, 1.54) is 16.0 Å². The van der Waals surface area contributed by atoms with Crippen LogP contribution in [-0.4, -0.2) is 22.1 Å². The van der Waals surface area contributed by atoms with Crippen LogP contribution in [0.15, 0.2) is 65.8 Å². The number of thioether (sulfide) groups is 1. The molecule has 152 valence electrons. The summed E-state index contributed by atoms with van der Waals surface area (Å²) in [6.07, 6.45) is 5.90. The first-order valence-corrected chi connectivity index (χ1v) is 11.8. The van der Waals surface area contributed by atoms with Gasteiger partial charge in [0, 0.05) is 17.3 Å². The number of carbonyl (C=O) groups excluding carboxylic acids is 1. The van der Waals surface area contributed by atoms with Crippen molar-refractivity contribution in [2.45, 2.75) is 31.7 Å². The number of carbonyl (C=O) groups is 1. The Morgan fingerprint density at radius 3 is 2.47 bits per heavy atom. The Kier molecular flexibility index (Phi) is 6.16. The van der Waals surface area contributed by atoms with Crippen molar-refractivity contribution in [1.29, 1.82) is 0 Å². The molecule has 0 fully saturated rings. The Morgan fingerprint density at radius 2 is 1.77 bits per heavy atom. The highest BCUT2D eigenvalue weighted by Gasteiger charge is 2.21. The monoisotopic (exact) mass is 433 g/mol. The minimum atomic E-state index is 0.0390. The van der Waals surface area contributed by atoms with Gasteiger partial charge in [0.15, 0.2) is 5.13 Å². The molecule has 0 N–H and O–H groups in total. The minimum absolute atomic E-state index is 0.0390. The third kappa shape index (κ3) is 4.55. The van der Waals surface area contributed by atoms with Crippen LogP contribution in [0.2, 0.25) is 0 Å². The number of anilines is 1. The molecule has 0 atom stereocenters. The first-order valence-electron chi connectivity index (χ1n) is 9.73. The summed E-state index contributed by atoms with van der Waals surface area (Å²) in [5.74, 6) is 0.0390. The zero-order valence-corrected chi connectivity index (χ0v) is 18.9. The van der Waals surface area contributed by atoms with Crippen molar-refractivity contribution in [3.63, 3.8) is 0 Å². The van der Waals surface area contributed by atoms with Gasteiger partial charge < -0.3 is 0 Å². The fraction of sp³-hybridized carbons (Fsp3) is 0.208. The molecule has 6 heteroatoms. The predicted octanol–water partition coefficient (Wildman–Crippen LogP) is 5.81. The van der Waals surface area contributed by atoms with Crippen LogP contribution < -0.4 is 4.90 Å². The van der Waals surface area contributed by atoms with Crippen LogP contribution in [0.1, 0.15) is 22.3 Å². The smallest absolute Gasteiger partial charge is 0.233 e. The highest BCUT2D eigenvalue weighted by atomic mass is 32.2. The van der Waals surface area contributed by atoms with Crippen LogP contribution in [0.4, 0.5) is 5.13 Å². The van der Waals surface area contributed by atoms with E-state index in [0.29, 0.717) is 13.0 Å². The van der Waals surface area contributed by atoms with Gasteiger partial charge in [-0.1, -0.05) is 29.5 Å². The maximum atomic E-state index is 13.4. The number of benzene rings is 2. The molecule has 2 aromatic carbocycles. The molecule has 2 aromatic heterocycles. The summed E-state index contributed by atoms with van der Waals surface area (Å²) in [6, 6.07) is 16.3. The second kappa shape index (κ2) is 8.98. The summed E-state index contributed by atoms with van der Waals surface area (Å²) in [5, 5.41) is 0.737. The number of aryl methyl sites for hydroxylation is 2. The van der Waals surface area contributed by atoms with Crippen molar-refractivity contribution in [3.8, 4) is 0 Å². The second-order valence-electron chi connectivity index (χ2n) is 7.29. The van der Waals surface area contributed by atoms with E-state index in [1.807, 2.05) is 30.5 Å². The normalized spacial score (nSPS) is 11.0. The van der Waals surface area contributed by atoms with Gasteiger partial charge >= 0.3 is 0 Å². The number of fused-ring (bicyclic) bond motifs is 1. The Bertz CT molecular complexity index is 1170. The number of pyridine rings is 1. The van der Waals surface area contributed by atoms with Gasteiger partial charge in [-0.2, -0.15) is 0 Å². The fourth-order valence-corrected chi connectivity index (χ4v) is 4.87. The van der Waals surface area contributed by atoms with Gasteiger partial charge in [-0.3, -0.25) is 14.7 Å². The first kappa shape index (κ1) is 20.6. The summed E-state index contributed by atoms with van der Waals surface area (Å²) in [7, 11) is 0. The van der Waals surface area contributed by atoms with E-state index in [0.717, 1.165) is 26.5 Å². The third-order valence-corrected chi connectivity index (χ3v) is 6.92. The number of rotatable bonds is 6. The molecule has 0 aliphatic heterocycles. The molecule has 0 saturated carbocycles. The summed E-state index contributed by atoms with van der Waals surface area (Å²) >= 11 is 3.28. The molecule has 0 saturated heterocycles. The molecule has 0 unspecified atom stereocenters. The van der Waals surface area contributed by atoms with Crippen LogP contribution in [0.25, 0.3) is 10.2 Å². The van der Waals surface area contributed by atoms with Crippen LogP contribution >= 0.6 is 23.1 Å². The van der Waals surface area contributed by atoms with Crippen molar-refractivity contribution in [1.82, 2.24) is 9.97 Å². The number of hydrogen-bond acceptors (Lipinski definition) is 5. The van der Waals surface area contributed by atoms with Gasteiger partial charge in [0.1, 0.15) is 0 Å². The lowest BCUT2D eigenvalue weighted by Crippen LogP contribution is -2.31. The fourth-order valence-electron chi connectivity index (χ4n) is 3.43. The van der Waals surface area contributed by atoms with E-state index >= 15 is 0 Å². The summed E-state index contributed by atoms with van der Waals surface area (Å²) < 4.78 is 1.13. The Morgan fingerprint density at radius 1 is 1.03 bits per heavy atom. The quantitative estimate of drug-likeness (QED) is 0.360. The maximum Gasteiger partial charge on any atom is 0.233 e. The molecule has 0 aliphatic carbocycles. The van der Waals surface area contributed by atoms with Crippen molar-refractivity contribution < 1.29 is 4.79 Å². The number of thiazole rings is 1. The molecule has 2 heterocycles. The highest BCUT2D eigenvalue weighted by Crippen LogP contribution is 2.33. The lowest BCUT2D eigenvalue weighted by Gasteiger charge is -2.20. The molecule has 1 amide bonds. The van der Waals surface area contributed by atoms with E-state index in [1.54, 1.807) is 40.4 Å². The number of aromatic nitrogens is 2. The number of amides is 1. The van der Waals surface area contributed by atoms with Gasteiger partial charge in [0.05, 0.1) is 23.2 Å². The largest absolute Gasteiger partial charge is 0.283 e. The molecule has 4 nitrogen and oxygen atoms in total. The summed E-state index contributed by atoms with van der Waals surface area (Å²) in [6.45, 7) is 4.64. The maximum absolute atomic E-state index is 13.4. The molecular weight excluding hydrogens is 410 g/mol. The zero-order valence-electron chi connectivity index (χ0n) is 17.3. The van der Waals surface area contributed by atoms with Crippen LogP contribution in [0.5, 0.6) is 0 Å². The van der Waals surface area contributed by atoms with Gasteiger partial charge in [-0.25, -0.2) is 4.98 Å². The highest BCUT2D eigenvalue weighted by molar-refractivity contribution is 7.98. The molecule has 30 heavy (non-hydrogen) atoms. The van der Waals surface area contributed by atoms with E-state index in [-0.39, 0.29) is 5.91 Å². The predicted molar refractivity (Wildman–Crippen MR) is 126 cm³/mol. The molecular formula is C24H23N3OS2. The SMILES string of the molecule is CSc1ccc(CC(=O)N(Cc2ccncc2)c2nc3cc(C)cc(C)c3s2)cc1. The number of nitrogens with zero attached hydrogens (tertiary/aromatic N) is 3. The number of hydrogen-bond donors (Lipinski definition) is 0. The van der Waals surface area contributed by atoms with E-state index in [4.69, 9.17) is 4.98 Å². The van der Waals surface area contributed by atoms with E-state index in [9.17, 15) is 4.79 Å². The molecule has 0 bridgehead atoms. The lowest BCUT2D eigenvalue weighted by molar-refractivity contribution is -0.118. The van der Waals surface area contributed by atoms with Gasteiger partial charge in [-0.15, -0.1) is 11.8 Å². The van der Waals surface area contributed by atoms with Crippen molar-refractivity contribution in [3.05, 3.63) is 83.2 Å². The molecule has 0 radical (unpaired) electrons. The third-order valence-electron chi connectivity index (χ3n) is 4.95. The van der Waals surface area contributed by atoms with Crippen molar-refractivity contribution >= 4 is 44.4 Å². The Hall–Kier alpha value is -2.70. The zero-order chi connectivity index (χ0) is 21.1. The molecule has 4 rings (SSSR count). The van der Waals surface area contributed by atoms with Gasteiger partial charge in [0.25, 0.3) is 0 Å². The Balaban J connectivity index is 1.68. The van der Waals surface area contributed by atoms with Crippen LogP contribution in [0, 0.1) is 13.8 Å². The van der Waals surface area contributed by atoms with Gasteiger partial charge in [-0.05, 0) is 72.7 Å². The topological polar surface area (TPSA) is 46.1 Å². The standard InChI is InChI=1S/C24H23N3OS2/c1-16-12-17(2)23-21(13-16)26-24(30-23)27(15-19-8-10-25-11-9-19)22(28)14-18-4-6-20(29-3)7-5-18/h4-13H,14-15H2,1-3H3. The summed E-state index contributed by atoms with van der Waals surface area (Å²) in [4.78, 5) is 25.3. The second-order valence-corrected chi connectivity index (χ2v) is 9.14. The van der Waals surface area contributed by atoms with Crippen molar-refractivity contribution in [2.24, 2.45) is 0 Å². The first-order chi connectivity index (χ1) is 14.5.